The molecule has 0 unspecified atom stereocenters. The van der Waals surface area contributed by atoms with Crippen LogP contribution < -0.4 is 5.32 Å². The van der Waals surface area contributed by atoms with Crippen LogP contribution in [0.5, 0.6) is 0 Å². The summed E-state index contributed by atoms with van der Waals surface area (Å²) in [5.41, 5.74) is -0.748. The zero-order valence-corrected chi connectivity index (χ0v) is 9.25. The molecule has 0 atom stereocenters. The molecule has 0 heterocycles. The molecule has 1 aliphatic rings. The minimum Gasteiger partial charge on any atom is -0.481 e. The highest BCUT2D eigenvalue weighted by Gasteiger charge is 2.51. The van der Waals surface area contributed by atoms with Crippen LogP contribution in [0.15, 0.2) is 0 Å². The monoisotopic (exact) mass is 214 g/mol. The van der Waals surface area contributed by atoms with Crippen molar-refractivity contribution in [3.63, 3.8) is 0 Å². The van der Waals surface area contributed by atoms with Crippen LogP contribution in [-0.4, -0.2) is 49.1 Å². The standard InChI is InChI=1S/C10H18N2O3/c1-12(2)6-5-11-8(13)7-10(3-4-10)9(14)15/h3-7H2,1-2H3,(H,11,13)(H,14,15). The molecule has 0 radical (unpaired) electrons. The average molecular weight is 214 g/mol. The number of likely N-dealkylation sites (N-methyl/N-ethyl adjacent to an activating group) is 1. The van der Waals surface area contributed by atoms with Crippen LogP contribution in [0.25, 0.3) is 0 Å². The van der Waals surface area contributed by atoms with E-state index < -0.39 is 11.4 Å². The lowest BCUT2D eigenvalue weighted by atomic mass is 10.0. The van der Waals surface area contributed by atoms with Crippen LogP contribution in [0, 0.1) is 5.41 Å². The molecule has 0 aromatic carbocycles. The second kappa shape index (κ2) is 4.61. The van der Waals surface area contributed by atoms with Crippen molar-refractivity contribution < 1.29 is 14.7 Å². The maximum atomic E-state index is 11.4. The third kappa shape index (κ3) is 3.51. The number of aliphatic carboxylic acids is 1. The second-order valence-corrected chi connectivity index (χ2v) is 4.42. The van der Waals surface area contributed by atoms with E-state index >= 15 is 0 Å². The lowest BCUT2D eigenvalue weighted by molar-refractivity contribution is -0.145. The molecule has 0 spiro atoms. The molecule has 5 heteroatoms. The van der Waals surface area contributed by atoms with Crippen molar-refractivity contribution in [2.75, 3.05) is 27.2 Å². The van der Waals surface area contributed by atoms with Gasteiger partial charge < -0.3 is 15.3 Å². The first-order valence-electron chi connectivity index (χ1n) is 5.11. The number of rotatable bonds is 6. The Labute approximate surface area is 89.4 Å². The molecule has 1 amide bonds. The highest BCUT2D eigenvalue weighted by molar-refractivity contribution is 5.86. The van der Waals surface area contributed by atoms with Crippen LogP contribution in [0.2, 0.25) is 0 Å². The molecule has 1 saturated carbocycles. The zero-order chi connectivity index (χ0) is 11.5. The Morgan fingerprint density at radius 2 is 2.00 bits per heavy atom. The number of hydrogen-bond donors (Lipinski definition) is 2. The third-order valence-corrected chi connectivity index (χ3v) is 2.69. The summed E-state index contributed by atoms with van der Waals surface area (Å²) in [6, 6.07) is 0. The number of carboxylic acids is 1. The minimum atomic E-state index is -0.842. The Hall–Kier alpha value is -1.10. The molecular weight excluding hydrogens is 196 g/mol. The number of nitrogens with zero attached hydrogens (tertiary/aromatic N) is 1. The lowest BCUT2D eigenvalue weighted by Gasteiger charge is -2.12. The van der Waals surface area contributed by atoms with Crippen molar-refractivity contribution in [2.24, 2.45) is 5.41 Å². The number of nitrogens with one attached hydrogen (secondary N) is 1. The van der Waals surface area contributed by atoms with Gasteiger partial charge in [0.15, 0.2) is 0 Å². The van der Waals surface area contributed by atoms with Gasteiger partial charge in [-0.05, 0) is 26.9 Å². The average Bonchev–Trinajstić information content (AvgIpc) is 2.84. The normalized spacial score (nSPS) is 17.5. The maximum absolute atomic E-state index is 11.4. The smallest absolute Gasteiger partial charge is 0.310 e. The number of amides is 1. The van der Waals surface area contributed by atoms with Gasteiger partial charge in [-0.15, -0.1) is 0 Å². The summed E-state index contributed by atoms with van der Waals surface area (Å²) >= 11 is 0. The quantitative estimate of drug-likeness (QED) is 0.649. The van der Waals surface area contributed by atoms with E-state index in [4.69, 9.17) is 5.11 Å². The molecule has 0 aliphatic heterocycles. The van der Waals surface area contributed by atoms with Crippen molar-refractivity contribution in [2.45, 2.75) is 19.3 Å². The minimum absolute atomic E-state index is 0.121. The van der Waals surface area contributed by atoms with E-state index in [0.717, 1.165) is 6.54 Å². The molecular formula is C10H18N2O3. The Morgan fingerprint density at radius 1 is 1.40 bits per heavy atom. The van der Waals surface area contributed by atoms with Crippen LogP contribution in [0.3, 0.4) is 0 Å². The van der Waals surface area contributed by atoms with Crippen molar-refractivity contribution in [3.05, 3.63) is 0 Å². The Balaban J connectivity index is 2.22. The zero-order valence-electron chi connectivity index (χ0n) is 9.25. The molecule has 0 aromatic heterocycles. The fourth-order valence-electron chi connectivity index (χ4n) is 1.41. The summed E-state index contributed by atoms with van der Waals surface area (Å²) in [5.74, 6) is -0.998. The lowest BCUT2D eigenvalue weighted by Crippen LogP contribution is -2.34. The Kier molecular flexibility index (Phi) is 3.68. The van der Waals surface area contributed by atoms with Gasteiger partial charge in [0, 0.05) is 19.5 Å². The highest BCUT2D eigenvalue weighted by Crippen LogP contribution is 2.48. The van der Waals surface area contributed by atoms with Gasteiger partial charge >= 0.3 is 5.97 Å². The Bertz CT molecular complexity index is 259. The molecule has 2 N–H and O–H groups in total. The largest absolute Gasteiger partial charge is 0.481 e. The molecule has 1 rings (SSSR count). The summed E-state index contributed by atoms with van der Waals surface area (Å²) in [4.78, 5) is 24.2. The van der Waals surface area contributed by atoms with E-state index in [1.165, 1.54) is 0 Å². The van der Waals surface area contributed by atoms with Gasteiger partial charge in [0.1, 0.15) is 0 Å². The maximum Gasteiger partial charge on any atom is 0.310 e. The van der Waals surface area contributed by atoms with Crippen LogP contribution >= 0.6 is 0 Å². The van der Waals surface area contributed by atoms with Crippen molar-refractivity contribution in [3.8, 4) is 0 Å². The Morgan fingerprint density at radius 3 is 2.40 bits per heavy atom. The van der Waals surface area contributed by atoms with E-state index in [-0.39, 0.29) is 12.3 Å². The van der Waals surface area contributed by atoms with Crippen LogP contribution in [0.1, 0.15) is 19.3 Å². The van der Waals surface area contributed by atoms with Crippen molar-refractivity contribution in [1.82, 2.24) is 10.2 Å². The van der Waals surface area contributed by atoms with Gasteiger partial charge in [0.2, 0.25) is 5.91 Å². The topological polar surface area (TPSA) is 69.6 Å². The van der Waals surface area contributed by atoms with E-state index in [1.54, 1.807) is 0 Å². The molecule has 5 nitrogen and oxygen atoms in total. The molecule has 0 saturated heterocycles. The fourth-order valence-corrected chi connectivity index (χ4v) is 1.41. The number of carbonyl (C=O) groups excluding carboxylic acids is 1. The van der Waals surface area contributed by atoms with E-state index in [9.17, 15) is 9.59 Å². The van der Waals surface area contributed by atoms with Gasteiger partial charge in [-0.25, -0.2) is 0 Å². The summed E-state index contributed by atoms with van der Waals surface area (Å²) < 4.78 is 0. The first-order chi connectivity index (χ1) is 6.96. The van der Waals surface area contributed by atoms with Crippen LogP contribution in [-0.2, 0) is 9.59 Å². The molecule has 86 valence electrons. The van der Waals surface area contributed by atoms with E-state index in [0.29, 0.717) is 19.4 Å². The second-order valence-electron chi connectivity index (χ2n) is 4.42. The fraction of sp³-hybridized carbons (Fsp3) is 0.800. The highest BCUT2D eigenvalue weighted by atomic mass is 16.4. The first kappa shape index (κ1) is 12.0. The summed E-state index contributed by atoms with van der Waals surface area (Å²) in [7, 11) is 3.84. The third-order valence-electron chi connectivity index (χ3n) is 2.69. The SMILES string of the molecule is CN(C)CCNC(=O)CC1(C(=O)O)CC1. The number of carbonyl (C=O) groups is 2. The van der Waals surface area contributed by atoms with Gasteiger partial charge in [-0.1, -0.05) is 0 Å². The molecule has 15 heavy (non-hydrogen) atoms. The molecule has 1 aliphatic carbocycles. The van der Waals surface area contributed by atoms with E-state index in [1.807, 2.05) is 19.0 Å². The van der Waals surface area contributed by atoms with Gasteiger partial charge in [0.05, 0.1) is 5.41 Å². The predicted molar refractivity (Wildman–Crippen MR) is 55.5 cm³/mol. The molecule has 0 bridgehead atoms. The van der Waals surface area contributed by atoms with Crippen molar-refractivity contribution in [1.29, 1.82) is 0 Å². The van der Waals surface area contributed by atoms with Gasteiger partial charge in [0.25, 0.3) is 0 Å². The van der Waals surface area contributed by atoms with Gasteiger partial charge in [-0.3, -0.25) is 9.59 Å². The molecule has 0 aromatic rings. The van der Waals surface area contributed by atoms with Crippen molar-refractivity contribution >= 4 is 11.9 Å². The van der Waals surface area contributed by atoms with Gasteiger partial charge in [-0.2, -0.15) is 0 Å². The summed E-state index contributed by atoms with van der Waals surface area (Å²) in [6.07, 6.45) is 1.38. The predicted octanol–water partition coefficient (Wildman–Crippen LogP) is -0.0809. The number of hydrogen-bond acceptors (Lipinski definition) is 3. The number of carboxylic acid groups (broad SMARTS) is 1. The van der Waals surface area contributed by atoms with Crippen LogP contribution in [0.4, 0.5) is 0 Å². The molecule has 1 fully saturated rings. The first-order valence-corrected chi connectivity index (χ1v) is 5.11. The summed E-state index contributed by atoms with van der Waals surface area (Å²) in [5, 5.41) is 11.6. The van der Waals surface area contributed by atoms with E-state index in [2.05, 4.69) is 5.32 Å². The summed E-state index contributed by atoms with van der Waals surface area (Å²) in [6.45, 7) is 1.34.